The summed E-state index contributed by atoms with van der Waals surface area (Å²) in [6.07, 6.45) is 1.22. The van der Waals surface area contributed by atoms with Gasteiger partial charge in [0.15, 0.2) is 0 Å². The first kappa shape index (κ1) is 14.6. The molecule has 9 heteroatoms. The van der Waals surface area contributed by atoms with Crippen LogP contribution in [0.3, 0.4) is 0 Å². The molecule has 0 aliphatic carbocycles. The molecule has 3 N–H and O–H groups in total. The Bertz CT molecular complexity index is 662. The third kappa shape index (κ3) is 3.20. The molecule has 2 aromatic heterocycles. The molecule has 0 unspecified atom stereocenters. The highest BCUT2D eigenvalue weighted by Crippen LogP contribution is 2.30. The van der Waals surface area contributed by atoms with Crippen molar-refractivity contribution in [2.45, 2.75) is 13.5 Å². The first-order chi connectivity index (χ1) is 10.0. The van der Waals surface area contributed by atoms with Crippen molar-refractivity contribution in [3.05, 3.63) is 46.0 Å². The quantitative estimate of drug-likeness (QED) is 0.475. The van der Waals surface area contributed by atoms with Crippen LogP contribution in [0.2, 0.25) is 0 Å². The molecule has 2 heterocycles. The number of nitrogens with two attached hydrogens (primary N) is 1. The van der Waals surface area contributed by atoms with Crippen molar-refractivity contribution >= 4 is 17.3 Å². The number of nitrogens with zero attached hydrogens (tertiary/aromatic N) is 5. The highest BCUT2D eigenvalue weighted by molar-refractivity contribution is 5.69. The summed E-state index contributed by atoms with van der Waals surface area (Å²) >= 11 is 0. The lowest BCUT2D eigenvalue weighted by atomic mass is 10.3. The van der Waals surface area contributed by atoms with Crippen molar-refractivity contribution in [3.63, 3.8) is 0 Å². The second-order valence-electron chi connectivity index (χ2n) is 4.42. The number of nitro groups is 1. The number of hydrogen-bond donors (Lipinski definition) is 2. The average molecular weight is 289 g/mol. The van der Waals surface area contributed by atoms with Crippen LogP contribution in [0, 0.1) is 17.0 Å². The van der Waals surface area contributed by atoms with Crippen LogP contribution in [0.1, 0.15) is 11.4 Å². The molecule has 0 spiro atoms. The fourth-order valence-electron chi connectivity index (χ4n) is 1.93. The summed E-state index contributed by atoms with van der Waals surface area (Å²) < 4.78 is 0. The van der Waals surface area contributed by atoms with Gasteiger partial charge in [0, 0.05) is 12.7 Å². The molecule has 110 valence electrons. The minimum atomic E-state index is -0.565. The third-order valence-electron chi connectivity index (χ3n) is 2.83. The fourth-order valence-corrected chi connectivity index (χ4v) is 1.93. The van der Waals surface area contributed by atoms with E-state index in [9.17, 15) is 10.1 Å². The Morgan fingerprint density at radius 3 is 2.81 bits per heavy atom. The molecule has 0 aliphatic rings. The second-order valence-corrected chi connectivity index (χ2v) is 4.42. The summed E-state index contributed by atoms with van der Waals surface area (Å²) in [5.74, 6) is 5.39. The van der Waals surface area contributed by atoms with Gasteiger partial charge in [0.05, 0.1) is 17.2 Å². The molecule has 0 saturated carbocycles. The largest absolute Gasteiger partial charge is 0.354 e. The standard InChI is InChI=1S/C12H15N7O2/c1-8-4-3-5-9(16-8)6-18(2)12-10(19(20)21)11(17-13)14-7-15-12/h3-5,7H,6,13H2,1-2H3,(H,14,15,17). The van der Waals surface area contributed by atoms with Crippen LogP contribution in [0.5, 0.6) is 0 Å². The van der Waals surface area contributed by atoms with Gasteiger partial charge < -0.3 is 10.3 Å². The molecule has 0 saturated heterocycles. The van der Waals surface area contributed by atoms with E-state index < -0.39 is 4.92 Å². The van der Waals surface area contributed by atoms with Gasteiger partial charge in [-0.05, 0) is 19.1 Å². The minimum absolute atomic E-state index is 0.0333. The van der Waals surface area contributed by atoms with Gasteiger partial charge in [0.2, 0.25) is 11.6 Å². The first-order valence-electron chi connectivity index (χ1n) is 6.12. The molecule has 0 aromatic carbocycles. The highest BCUT2D eigenvalue weighted by atomic mass is 16.6. The molecule has 21 heavy (non-hydrogen) atoms. The summed E-state index contributed by atoms with van der Waals surface area (Å²) in [5, 5.41) is 11.2. The Kier molecular flexibility index (Phi) is 4.24. The molecule has 2 aromatic rings. The number of rotatable bonds is 5. The summed E-state index contributed by atoms with van der Waals surface area (Å²) in [4.78, 5) is 24.4. The van der Waals surface area contributed by atoms with Gasteiger partial charge in [-0.25, -0.2) is 15.8 Å². The van der Waals surface area contributed by atoms with E-state index >= 15 is 0 Å². The second kappa shape index (κ2) is 6.09. The van der Waals surface area contributed by atoms with E-state index in [0.29, 0.717) is 6.54 Å². The molecule has 0 bridgehead atoms. The van der Waals surface area contributed by atoms with Crippen LogP contribution < -0.4 is 16.2 Å². The number of nitrogen functional groups attached to an aromatic ring is 1. The minimum Gasteiger partial charge on any atom is -0.348 e. The van der Waals surface area contributed by atoms with E-state index in [2.05, 4.69) is 20.4 Å². The van der Waals surface area contributed by atoms with E-state index in [1.54, 1.807) is 11.9 Å². The summed E-state index contributed by atoms with van der Waals surface area (Å²) in [7, 11) is 1.69. The Morgan fingerprint density at radius 1 is 1.43 bits per heavy atom. The van der Waals surface area contributed by atoms with Gasteiger partial charge in [-0.1, -0.05) is 6.07 Å². The fraction of sp³-hybridized carbons (Fsp3) is 0.250. The zero-order valence-electron chi connectivity index (χ0n) is 11.6. The zero-order valence-corrected chi connectivity index (χ0v) is 11.6. The molecule has 0 aliphatic heterocycles. The zero-order chi connectivity index (χ0) is 15.4. The molecular formula is C12H15N7O2. The van der Waals surface area contributed by atoms with E-state index in [0.717, 1.165) is 11.4 Å². The topological polar surface area (TPSA) is 123 Å². The van der Waals surface area contributed by atoms with Crippen molar-refractivity contribution in [1.29, 1.82) is 0 Å². The van der Waals surface area contributed by atoms with E-state index in [-0.39, 0.29) is 17.3 Å². The van der Waals surface area contributed by atoms with Crippen molar-refractivity contribution in [2.75, 3.05) is 17.4 Å². The maximum Gasteiger partial charge on any atom is 0.354 e. The monoisotopic (exact) mass is 289 g/mol. The summed E-state index contributed by atoms with van der Waals surface area (Å²) in [6, 6.07) is 5.61. The Balaban J connectivity index is 2.35. The lowest BCUT2D eigenvalue weighted by molar-refractivity contribution is -0.383. The predicted octanol–water partition coefficient (Wildman–Crippen LogP) is 1.01. The number of pyridine rings is 1. The molecule has 0 atom stereocenters. The van der Waals surface area contributed by atoms with Gasteiger partial charge >= 0.3 is 5.69 Å². The molecule has 9 nitrogen and oxygen atoms in total. The number of hydrazine groups is 1. The van der Waals surface area contributed by atoms with Crippen molar-refractivity contribution < 1.29 is 4.92 Å². The van der Waals surface area contributed by atoms with Crippen molar-refractivity contribution in [1.82, 2.24) is 15.0 Å². The van der Waals surface area contributed by atoms with Crippen molar-refractivity contribution in [3.8, 4) is 0 Å². The summed E-state index contributed by atoms with van der Waals surface area (Å²) in [5.41, 5.74) is 3.60. The van der Waals surface area contributed by atoms with Crippen LogP contribution >= 0.6 is 0 Å². The molecule has 2 rings (SSSR count). The number of aromatic nitrogens is 3. The lowest BCUT2D eigenvalue weighted by Gasteiger charge is -2.18. The number of nitrogens with one attached hydrogen (secondary N) is 1. The maximum absolute atomic E-state index is 11.2. The number of anilines is 2. The molecular weight excluding hydrogens is 274 g/mol. The lowest BCUT2D eigenvalue weighted by Crippen LogP contribution is -2.21. The molecule has 0 radical (unpaired) electrons. The Morgan fingerprint density at radius 2 is 2.19 bits per heavy atom. The van der Waals surface area contributed by atoms with Gasteiger partial charge in [0.25, 0.3) is 0 Å². The molecule has 0 amide bonds. The van der Waals surface area contributed by atoms with E-state index in [1.165, 1.54) is 6.33 Å². The van der Waals surface area contributed by atoms with Gasteiger partial charge in [-0.15, -0.1) is 0 Å². The van der Waals surface area contributed by atoms with Crippen LogP contribution in [-0.4, -0.2) is 26.9 Å². The van der Waals surface area contributed by atoms with Crippen LogP contribution in [0.15, 0.2) is 24.5 Å². The Labute approximate surface area is 121 Å². The summed E-state index contributed by atoms with van der Waals surface area (Å²) in [6.45, 7) is 2.26. The first-order valence-corrected chi connectivity index (χ1v) is 6.12. The van der Waals surface area contributed by atoms with Gasteiger partial charge in [0.1, 0.15) is 6.33 Å². The third-order valence-corrected chi connectivity index (χ3v) is 2.83. The smallest absolute Gasteiger partial charge is 0.348 e. The SMILES string of the molecule is Cc1cccc(CN(C)c2ncnc(NN)c2[N+](=O)[O-])n1. The number of hydrogen-bond acceptors (Lipinski definition) is 8. The predicted molar refractivity (Wildman–Crippen MR) is 77.6 cm³/mol. The Hall–Kier alpha value is -2.81. The normalized spacial score (nSPS) is 10.2. The highest BCUT2D eigenvalue weighted by Gasteiger charge is 2.25. The van der Waals surface area contributed by atoms with Crippen LogP contribution in [0.4, 0.5) is 17.3 Å². The van der Waals surface area contributed by atoms with Crippen molar-refractivity contribution in [2.24, 2.45) is 5.84 Å². The van der Waals surface area contributed by atoms with E-state index in [4.69, 9.17) is 5.84 Å². The van der Waals surface area contributed by atoms with Gasteiger partial charge in [-0.2, -0.15) is 0 Å². The van der Waals surface area contributed by atoms with Gasteiger partial charge in [-0.3, -0.25) is 15.1 Å². The van der Waals surface area contributed by atoms with Crippen LogP contribution in [0.25, 0.3) is 0 Å². The van der Waals surface area contributed by atoms with E-state index in [1.807, 2.05) is 25.1 Å². The average Bonchev–Trinajstić information content (AvgIpc) is 2.46. The molecule has 0 fully saturated rings. The van der Waals surface area contributed by atoms with Crippen LogP contribution in [-0.2, 0) is 6.54 Å². The maximum atomic E-state index is 11.2. The number of aryl methyl sites for hydroxylation is 1.